The van der Waals surface area contributed by atoms with Gasteiger partial charge in [0, 0.05) is 0 Å². The van der Waals surface area contributed by atoms with Crippen molar-refractivity contribution in [3.63, 3.8) is 0 Å². The molecular formula is H3AlMo2S2. The zero-order valence-corrected chi connectivity index (χ0v) is 7.28. The first-order valence-electron chi connectivity index (χ1n) is 0.500. The Balaban J connectivity index is 0. The first-order chi connectivity index (χ1) is 1.91. The summed E-state index contributed by atoms with van der Waals surface area (Å²) in [7, 11) is 3.58. The van der Waals surface area contributed by atoms with Gasteiger partial charge in [-0.3, -0.25) is 0 Å². The summed E-state index contributed by atoms with van der Waals surface area (Å²) in [6.45, 7) is 0. The molecule has 5 heteroatoms. The predicted molar refractivity (Wildman–Crippen MR) is 25.1 cm³/mol. The van der Waals surface area contributed by atoms with Gasteiger partial charge in [0.1, 0.15) is 0 Å². The van der Waals surface area contributed by atoms with Gasteiger partial charge < -0.3 is 0 Å². The molecule has 0 nitrogen and oxygen atoms in total. The second kappa shape index (κ2) is 9.79. The van der Waals surface area contributed by atoms with Gasteiger partial charge in [0.2, 0.25) is 0 Å². The average molecular weight is 286 g/mol. The van der Waals surface area contributed by atoms with E-state index in [1.54, 1.807) is 17.0 Å². The molecule has 0 aliphatic heterocycles. The third kappa shape index (κ3) is 10.8. The molecule has 0 N–H and O–H groups in total. The molecule has 0 bridgehead atoms. The van der Waals surface area contributed by atoms with Crippen molar-refractivity contribution in [2.45, 2.75) is 0 Å². The summed E-state index contributed by atoms with van der Waals surface area (Å²) in [4.78, 5) is 0. The predicted octanol–water partition coefficient (Wildman–Crippen LogP) is 0.108. The Morgan fingerprint density at radius 2 is 1.20 bits per heavy atom. The van der Waals surface area contributed by atoms with E-state index in [0.29, 0.717) is 0 Å². The van der Waals surface area contributed by atoms with Crippen LogP contribution < -0.4 is 0 Å². The van der Waals surface area contributed by atoms with Crippen LogP contribution in [0.5, 0.6) is 0 Å². The molecule has 0 aliphatic carbocycles. The second-order valence-corrected chi connectivity index (χ2v) is 7.25. The van der Waals surface area contributed by atoms with Gasteiger partial charge in [-0.25, -0.2) is 0 Å². The molecule has 0 saturated carbocycles. The Hall–Kier alpha value is 2.61. The van der Waals surface area contributed by atoms with Gasteiger partial charge >= 0.3 is 54.1 Å². The normalized spacial score (nSPS) is 5.60. The van der Waals surface area contributed by atoms with E-state index in [2.05, 4.69) is 0 Å². The van der Waals surface area contributed by atoms with Crippen LogP contribution in [0.25, 0.3) is 0 Å². The van der Waals surface area contributed by atoms with E-state index in [9.17, 15) is 0 Å². The van der Waals surface area contributed by atoms with E-state index in [-0.39, 0.29) is 17.4 Å². The zero-order chi connectivity index (χ0) is 3.41. The van der Waals surface area contributed by atoms with Gasteiger partial charge in [-0.1, -0.05) is 0 Å². The molecule has 0 aromatic rings. The van der Waals surface area contributed by atoms with Crippen molar-refractivity contribution in [3.05, 3.63) is 0 Å². The molecule has 0 rings (SSSR count). The molecule has 0 radical (unpaired) electrons. The van der Waals surface area contributed by atoms with Crippen LogP contribution in [-0.4, -0.2) is 17.4 Å². The monoisotopic (exact) mass is 290 g/mol. The molecule has 0 fully saturated rings. The minimum atomic E-state index is 0. The Kier molecular flexibility index (Phi) is 20.7. The van der Waals surface area contributed by atoms with Gasteiger partial charge in [-0.2, -0.15) is 0 Å². The van der Waals surface area contributed by atoms with Crippen LogP contribution in [-0.2, 0) is 37.1 Å². The molecule has 0 aromatic carbocycles. The maximum absolute atomic E-state index is 2.01. The molecule has 0 spiro atoms. The standard InChI is InChI=1S/Al.2Mo.S2.3H/c;;;1-2;;;/q;2*+1;-2;;;. The van der Waals surface area contributed by atoms with Crippen LogP contribution >= 0.6 is 17.0 Å². The molecule has 0 atom stereocenters. The molecule has 0 unspecified atom stereocenters. The van der Waals surface area contributed by atoms with E-state index in [0.717, 1.165) is 0 Å². The molecule has 30 valence electrons. The fourth-order valence-electron chi connectivity index (χ4n) is 0. The molecule has 0 aromatic heterocycles. The third-order valence-electron chi connectivity index (χ3n) is 0.0278. The average Bonchev–Trinajstić information content (AvgIpc) is 1.37. The van der Waals surface area contributed by atoms with E-state index in [4.69, 9.17) is 0 Å². The van der Waals surface area contributed by atoms with Crippen LogP contribution in [0.1, 0.15) is 0 Å². The molecule has 5 heavy (non-hydrogen) atoms. The van der Waals surface area contributed by atoms with Crippen LogP contribution in [0.3, 0.4) is 0 Å². The quantitative estimate of drug-likeness (QED) is 0.495. The fraction of sp³-hybridized carbons (Fsp3) is 0. The molecule has 0 amide bonds. The van der Waals surface area contributed by atoms with E-state index in [1.807, 2.05) is 37.1 Å². The summed E-state index contributed by atoms with van der Waals surface area (Å²) in [5.74, 6) is 0. The van der Waals surface area contributed by atoms with Gasteiger partial charge in [0.15, 0.2) is 17.4 Å². The fourth-order valence-corrected chi connectivity index (χ4v) is 0. The molecule has 0 saturated heterocycles. The third-order valence-corrected chi connectivity index (χ3v) is 8.75. The second-order valence-electron chi connectivity index (χ2n) is 0.136. The van der Waals surface area contributed by atoms with E-state index in [1.165, 1.54) is 0 Å². The maximum atomic E-state index is 2.01. The minimum absolute atomic E-state index is 0. The van der Waals surface area contributed by atoms with Gasteiger partial charge in [-0.15, -0.1) is 0 Å². The number of rotatable bonds is 1. The van der Waals surface area contributed by atoms with Crippen molar-refractivity contribution >= 4 is 34.4 Å². The number of hydrogen-bond acceptors (Lipinski definition) is 2. The van der Waals surface area contributed by atoms with E-state index >= 15 is 0 Å². The topological polar surface area (TPSA) is 0 Å². The zero-order valence-electron chi connectivity index (χ0n) is 1.63. The van der Waals surface area contributed by atoms with Crippen LogP contribution in [0.2, 0.25) is 0 Å². The Bertz CT molecular complexity index is 9.61. The number of hydrogen-bond donors (Lipinski definition) is 0. The Labute approximate surface area is 70.4 Å². The summed E-state index contributed by atoms with van der Waals surface area (Å²) in [5, 5.41) is 0. The molecule has 0 heterocycles. The van der Waals surface area contributed by atoms with Crippen LogP contribution in [0, 0.1) is 0 Å². The first kappa shape index (κ1) is 10.6. The van der Waals surface area contributed by atoms with Crippen molar-refractivity contribution in [3.8, 4) is 0 Å². The van der Waals surface area contributed by atoms with Crippen molar-refractivity contribution in [2.24, 2.45) is 0 Å². The van der Waals surface area contributed by atoms with Gasteiger partial charge in [-0.05, 0) is 0 Å². The van der Waals surface area contributed by atoms with Crippen molar-refractivity contribution in [1.29, 1.82) is 0 Å². The summed E-state index contributed by atoms with van der Waals surface area (Å²) in [5.41, 5.74) is 0. The van der Waals surface area contributed by atoms with Crippen molar-refractivity contribution in [1.82, 2.24) is 0 Å². The van der Waals surface area contributed by atoms with Crippen molar-refractivity contribution in [2.75, 3.05) is 0 Å². The first-order valence-corrected chi connectivity index (χ1v) is 7.42. The van der Waals surface area contributed by atoms with Crippen molar-refractivity contribution < 1.29 is 37.1 Å². The molecular weight excluding hydrogens is 283 g/mol. The van der Waals surface area contributed by atoms with Gasteiger partial charge in [0.25, 0.3) is 0 Å². The van der Waals surface area contributed by atoms with Crippen LogP contribution in [0.15, 0.2) is 0 Å². The van der Waals surface area contributed by atoms with Crippen LogP contribution in [0.4, 0.5) is 0 Å². The summed E-state index contributed by atoms with van der Waals surface area (Å²) in [6, 6.07) is 0. The van der Waals surface area contributed by atoms with E-state index < -0.39 is 0 Å². The SMILES string of the molecule is [AlH3].[Mo][S][S][Mo]. The van der Waals surface area contributed by atoms with Gasteiger partial charge in [0.05, 0.1) is 0 Å². The Morgan fingerprint density at radius 1 is 1.00 bits per heavy atom. The Morgan fingerprint density at radius 3 is 1.20 bits per heavy atom. The molecule has 0 aliphatic rings. The summed E-state index contributed by atoms with van der Waals surface area (Å²) >= 11 is 4.01. The summed E-state index contributed by atoms with van der Waals surface area (Å²) in [6.07, 6.45) is 0. The summed E-state index contributed by atoms with van der Waals surface area (Å²) < 4.78 is 0.